The summed E-state index contributed by atoms with van der Waals surface area (Å²) in [6.07, 6.45) is 0. The first-order valence-electron chi connectivity index (χ1n) is 2.70. The first-order valence-corrected chi connectivity index (χ1v) is 4.42. The summed E-state index contributed by atoms with van der Waals surface area (Å²) in [5.41, 5.74) is 1.77. The van der Waals surface area contributed by atoms with Crippen molar-refractivity contribution in [3.8, 4) is 0 Å². The van der Waals surface area contributed by atoms with Gasteiger partial charge < -0.3 is 5.32 Å². The minimum atomic E-state index is -3.51. The van der Waals surface area contributed by atoms with Gasteiger partial charge in [0, 0.05) is 6.54 Å². The maximum absolute atomic E-state index is 10.3. The molecule has 0 aliphatic heterocycles. The molecular weight excluding hydrogens is 172 g/mol. The maximum Gasteiger partial charge on any atom is 0.328 e. The van der Waals surface area contributed by atoms with Crippen molar-refractivity contribution in [3.05, 3.63) is 0 Å². The maximum atomic E-state index is 10.3. The summed E-state index contributed by atoms with van der Waals surface area (Å²) in [4.78, 5) is 10.3. The van der Waals surface area contributed by atoms with E-state index in [2.05, 4.69) is 16.3 Å². The molecule has 0 spiro atoms. The summed E-state index contributed by atoms with van der Waals surface area (Å²) < 4.78 is 20.6. The van der Waals surface area contributed by atoms with Crippen LogP contribution in [0.15, 0.2) is 0 Å². The largest absolute Gasteiger partial charge is 0.336 e. The number of hydrogen-bond acceptors (Lipinski definition) is 4. The van der Waals surface area contributed by atoms with Crippen molar-refractivity contribution in [2.24, 2.45) is 11.0 Å². The summed E-state index contributed by atoms with van der Waals surface area (Å²) in [5.74, 6) is 4.37. The van der Waals surface area contributed by atoms with E-state index in [9.17, 15) is 13.2 Å². The van der Waals surface area contributed by atoms with E-state index in [-0.39, 0.29) is 12.3 Å². The topological polar surface area (TPSA) is 127 Å². The van der Waals surface area contributed by atoms with Crippen LogP contribution in [0.5, 0.6) is 0 Å². The smallest absolute Gasteiger partial charge is 0.328 e. The lowest BCUT2D eigenvalue weighted by Gasteiger charge is -2.01. The zero-order valence-corrected chi connectivity index (χ0v) is 6.52. The van der Waals surface area contributed by atoms with Crippen molar-refractivity contribution in [2.45, 2.75) is 0 Å². The first-order chi connectivity index (χ1) is 4.95. The number of sulfonamides is 1. The molecular formula is C3H10N4O3S. The number of urea groups is 1. The second kappa shape index (κ2) is 4.11. The van der Waals surface area contributed by atoms with E-state index >= 15 is 0 Å². The van der Waals surface area contributed by atoms with Crippen LogP contribution >= 0.6 is 0 Å². The standard InChI is InChI=1S/C3H10N4O3S/c4-7-3(8)6-1-2-11(5,9)10/h1-2,4H2,(H2,5,9,10)(H2,6,7,8). The second-order valence-electron chi connectivity index (χ2n) is 1.77. The van der Waals surface area contributed by atoms with Gasteiger partial charge in [-0.05, 0) is 0 Å². The van der Waals surface area contributed by atoms with E-state index in [1.807, 2.05) is 0 Å². The Morgan fingerprint density at radius 1 is 1.45 bits per heavy atom. The Labute approximate surface area is 64.1 Å². The van der Waals surface area contributed by atoms with E-state index < -0.39 is 16.1 Å². The molecule has 0 atom stereocenters. The highest BCUT2D eigenvalue weighted by Crippen LogP contribution is 1.73. The van der Waals surface area contributed by atoms with Crippen LogP contribution in [0.25, 0.3) is 0 Å². The van der Waals surface area contributed by atoms with Crippen molar-refractivity contribution in [1.29, 1.82) is 0 Å². The van der Waals surface area contributed by atoms with Crippen LogP contribution in [0.4, 0.5) is 4.79 Å². The molecule has 0 rings (SSSR count). The number of hydrogen-bond donors (Lipinski definition) is 4. The SMILES string of the molecule is NNC(=O)NCCS(N)(=O)=O. The van der Waals surface area contributed by atoms with Crippen molar-refractivity contribution in [3.63, 3.8) is 0 Å². The third-order valence-corrected chi connectivity index (χ3v) is 1.58. The Bertz CT molecular complexity index is 223. The molecule has 0 fully saturated rings. The van der Waals surface area contributed by atoms with Gasteiger partial charge in [0.15, 0.2) is 0 Å². The molecule has 0 aromatic carbocycles. The van der Waals surface area contributed by atoms with E-state index in [4.69, 9.17) is 0 Å². The van der Waals surface area contributed by atoms with Gasteiger partial charge in [-0.2, -0.15) is 0 Å². The van der Waals surface area contributed by atoms with E-state index in [1.54, 1.807) is 5.43 Å². The first kappa shape index (κ1) is 10.1. The highest BCUT2D eigenvalue weighted by atomic mass is 32.2. The van der Waals surface area contributed by atoms with Gasteiger partial charge in [0.05, 0.1) is 5.75 Å². The Kier molecular flexibility index (Phi) is 3.79. The molecule has 66 valence electrons. The predicted octanol–water partition coefficient (Wildman–Crippen LogP) is -2.55. The molecule has 0 aliphatic carbocycles. The summed E-state index contributed by atoms with van der Waals surface area (Å²) in [7, 11) is -3.51. The van der Waals surface area contributed by atoms with Crippen molar-refractivity contribution < 1.29 is 13.2 Å². The average molecular weight is 182 g/mol. The fourth-order valence-electron chi connectivity index (χ4n) is 0.358. The van der Waals surface area contributed by atoms with Crippen LogP contribution in [0.2, 0.25) is 0 Å². The molecule has 7 nitrogen and oxygen atoms in total. The Hall–Kier alpha value is -0.860. The molecule has 0 aromatic rings. The monoisotopic (exact) mass is 182 g/mol. The molecule has 11 heavy (non-hydrogen) atoms. The van der Waals surface area contributed by atoms with Crippen LogP contribution in [0.3, 0.4) is 0 Å². The predicted molar refractivity (Wildman–Crippen MR) is 38.7 cm³/mol. The fourth-order valence-corrected chi connectivity index (χ4v) is 0.744. The Morgan fingerprint density at radius 2 is 2.00 bits per heavy atom. The lowest BCUT2D eigenvalue weighted by atomic mass is 10.7. The zero-order valence-electron chi connectivity index (χ0n) is 5.70. The molecule has 0 bridgehead atoms. The molecule has 0 heterocycles. The van der Waals surface area contributed by atoms with Crippen LogP contribution < -0.4 is 21.7 Å². The van der Waals surface area contributed by atoms with Gasteiger partial charge in [0.1, 0.15) is 0 Å². The highest BCUT2D eigenvalue weighted by Gasteiger charge is 2.02. The minimum Gasteiger partial charge on any atom is -0.336 e. The Morgan fingerprint density at radius 3 is 2.36 bits per heavy atom. The number of amides is 2. The Balaban J connectivity index is 3.51. The molecule has 2 amide bonds. The van der Waals surface area contributed by atoms with Gasteiger partial charge in [0.25, 0.3) is 0 Å². The molecule has 0 saturated carbocycles. The lowest BCUT2D eigenvalue weighted by Crippen LogP contribution is -2.42. The number of rotatable bonds is 3. The van der Waals surface area contributed by atoms with Crippen LogP contribution in [-0.4, -0.2) is 26.7 Å². The summed E-state index contributed by atoms with van der Waals surface area (Å²) in [6, 6.07) is -0.645. The molecule has 0 unspecified atom stereocenters. The van der Waals surface area contributed by atoms with Crippen molar-refractivity contribution >= 4 is 16.1 Å². The number of nitrogens with two attached hydrogens (primary N) is 2. The fraction of sp³-hybridized carbons (Fsp3) is 0.667. The number of hydrazine groups is 1. The molecule has 0 aromatic heterocycles. The van der Waals surface area contributed by atoms with Gasteiger partial charge in [0.2, 0.25) is 10.0 Å². The van der Waals surface area contributed by atoms with Gasteiger partial charge in [-0.15, -0.1) is 0 Å². The van der Waals surface area contributed by atoms with Crippen LogP contribution in [0.1, 0.15) is 0 Å². The van der Waals surface area contributed by atoms with Crippen molar-refractivity contribution in [2.75, 3.05) is 12.3 Å². The van der Waals surface area contributed by atoms with Crippen LogP contribution in [0, 0.1) is 0 Å². The third-order valence-electron chi connectivity index (χ3n) is 0.803. The summed E-state index contributed by atoms with van der Waals surface area (Å²) in [6.45, 7) is -0.0537. The highest BCUT2D eigenvalue weighted by molar-refractivity contribution is 7.89. The number of nitrogens with one attached hydrogen (secondary N) is 2. The van der Waals surface area contributed by atoms with Gasteiger partial charge in [-0.1, -0.05) is 0 Å². The van der Waals surface area contributed by atoms with Gasteiger partial charge in [-0.25, -0.2) is 24.2 Å². The molecule has 0 saturated heterocycles. The minimum absolute atomic E-state index is 0.0537. The average Bonchev–Trinajstić information content (AvgIpc) is 1.85. The second-order valence-corrected chi connectivity index (χ2v) is 3.50. The quantitative estimate of drug-likeness (QED) is 0.217. The van der Waals surface area contributed by atoms with E-state index in [0.717, 1.165) is 0 Å². The summed E-state index contributed by atoms with van der Waals surface area (Å²) in [5, 5.41) is 6.79. The van der Waals surface area contributed by atoms with E-state index in [1.165, 1.54) is 0 Å². The number of primary sulfonamides is 1. The van der Waals surface area contributed by atoms with Crippen molar-refractivity contribution in [1.82, 2.24) is 10.7 Å². The van der Waals surface area contributed by atoms with Gasteiger partial charge >= 0.3 is 6.03 Å². The number of carbonyl (C=O) groups excluding carboxylic acids is 1. The molecule has 6 N–H and O–H groups in total. The third kappa shape index (κ3) is 7.03. The van der Waals surface area contributed by atoms with E-state index in [0.29, 0.717) is 0 Å². The van der Waals surface area contributed by atoms with Crippen LogP contribution in [-0.2, 0) is 10.0 Å². The lowest BCUT2D eigenvalue weighted by molar-refractivity contribution is 0.242. The number of carbonyl (C=O) groups is 1. The normalized spacial score (nSPS) is 10.7. The zero-order chi connectivity index (χ0) is 8.91. The summed E-state index contributed by atoms with van der Waals surface area (Å²) >= 11 is 0. The molecule has 0 radical (unpaired) electrons. The molecule has 8 heteroatoms. The van der Waals surface area contributed by atoms with Gasteiger partial charge in [-0.3, -0.25) is 5.43 Å². The molecule has 0 aliphatic rings.